The van der Waals surface area contributed by atoms with Crippen molar-refractivity contribution < 1.29 is 13.2 Å². The van der Waals surface area contributed by atoms with E-state index in [4.69, 9.17) is 0 Å². The molecule has 1 amide bonds. The van der Waals surface area contributed by atoms with Crippen LogP contribution in [0.4, 0.5) is 0 Å². The molecule has 0 unspecified atom stereocenters. The first-order chi connectivity index (χ1) is 14.4. The maximum absolute atomic E-state index is 12.8. The summed E-state index contributed by atoms with van der Waals surface area (Å²) in [4.78, 5) is 13.1. The molecule has 0 radical (unpaired) electrons. The summed E-state index contributed by atoms with van der Waals surface area (Å²) in [6.07, 6.45) is 4.46. The Kier molecular flexibility index (Phi) is 6.32. The van der Waals surface area contributed by atoms with Crippen molar-refractivity contribution in [2.24, 2.45) is 5.92 Å². The van der Waals surface area contributed by atoms with Crippen LogP contribution in [0.5, 0.6) is 0 Å². The molecule has 7 heteroatoms. The normalized spacial score (nSPS) is 19.8. The standard InChI is InChI=1S/C23H27BrN2O3S/c24-20-7-4-6-19(16-20)23(12-5-13-23)17-25-22(27)18-10-14-26(15-11-18)30(28,29)21-8-2-1-3-9-21/h1-4,6-9,16,18H,5,10-15,17H2,(H,25,27). The minimum atomic E-state index is -3.48. The molecule has 1 saturated heterocycles. The van der Waals surface area contributed by atoms with Crippen LogP contribution in [0.3, 0.4) is 0 Å². The van der Waals surface area contributed by atoms with E-state index in [1.54, 1.807) is 30.3 Å². The number of hydrogen-bond acceptors (Lipinski definition) is 3. The van der Waals surface area contributed by atoms with E-state index in [2.05, 4.69) is 33.4 Å². The van der Waals surface area contributed by atoms with Crippen LogP contribution >= 0.6 is 15.9 Å². The zero-order valence-corrected chi connectivity index (χ0v) is 19.3. The Hall–Kier alpha value is -1.70. The van der Waals surface area contributed by atoms with Crippen LogP contribution in [0.25, 0.3) is 0 Å². The second-order valence-corrected chi connectivity index (χ2v) is 11.2. The van der Waals surface area contributed by atoms with Gasteiger partial charge >= 0.3 is 0 Å². The predicted molar refractivity (Wildman–Crippen MR) is 121 cm³/mol. The van der Waals surface area contributed by atoms with Crippen molar-refractivity contribution in [2.75, 3.05) is 19.6 Å². The number of carbonyl (C=O) groups excluding carboxylic acids is 1. The molecule has 0 atom stereocenters. The first-order valence-electron chi connectivity index (χ1n) is 10.5. The Bertz CT molecular complexity index is 998. The van der Waals surface area contributed by atoms with E-state index in [0.717, 1.165) is 17.3 Å². The average Bonchev–Trinajstić information content (AvgIpc) is 2.73. The molecule has 1 heterocycles. The molecule has 1 aliphatic carbocycles. The molecule has 0 bridgehead atoms. The van der Waals surface area contributed by atoms with E-state index in [1.807, 2.05) is 12.1 Å². The van der Waals surface area contributed by atoms with Gasteiger partial charge in [0.2, 0.25) is 15.9 Å². The summed E-state index contributed by atoms with van der Waals surface area (Å²) in [7, 11) is -3.48. The van der Waals surface area contributed by atoms with E-state index in [1.165, 1.54) is 16.3 Å². The fourth-order valence-electron chi connectivity index (χ4n) is 4.49. The smallest absolute Gasteiger partial charge is 0.243 e. The van der Waals surface area contributed by atoms with Crippen LogP contribution in [-0.4, -0.2) is 38.3 Å². The van der Waals surface area contributed by atoms with E-state index in [9.17, 15) is 13.2 Å². The summed E-state index contributed by atoms with van der Waals surface area (Å²) in [6, 6.07) is 16.9. The van der Waals surface area contributed by atoms with Crippen LogP contribution in [0.15, 0.2) is 64.0 Å². The van der Waals surface area contributed by atoms with Gasteiger partial charge in [0.25, 0.3) is 0 Å². The SMILES string of the molecule is O=C(NCC1(c2cccc(Br)c2)CCC1)C1CCN(S(=O)(=O)c2ccccc2)CC1. The van der Waals surface area contributed by atoms with Gasteiger partial charge in [0.15, 0.2) is 0 Å². The molecule has 2 aromatic carbocycles. The van der Waals surface area contributed by atoms with Gasteiger partial charge in [-0.2, -0.15) is 4.31 Å². The molecule has 2 fully saturated rings. The van der Waals surface area contributed by atoms with Crippen LogP contribution in [0.2, 0.25) is 0 Å². The maximum Gasteiger partial charge on any atom is 0.243 e. The number of nitrogens with one attached hydrogen (secondary N) is 1. The topological polar surface area (TPSA) is 66.5 Å². The van der Waals surface area contributed by atoms with Gasteiger partial charge < -0.3 is 5.32 Å². The fourth-order valence-corrected chi connectivity index (χ4v) is 6.38. The van der Waals surface area contributed by atoms with Crippen molar-refractivity contribution in [2.45, 2.75) is 42.4 Å². The molecule has 1 N–H and O–H groups in total. The summed E-state index contributed by atoms with van der Waals surface area (Å²) >= 11 is 3.55. The lowest BCUT2D eigenvalue weighted by Gasteiger charge is -2.43. The third-order valence-electron chi connectivity index (χ3n) is 6.55. The Morgan fingerprint density at radius 1 is 1.07 bits per heavy atom. The Labute approximate surface area is 187 Å². The number of rotatable bonds is 6. The van der Waals surface area contributed by atoms with Gasteiger partial charge in [0.1, 0.15) is 0 Å². The summed E-state index contributed by atoms with van der Waals surface area (Å²) in [5.41, 5.74) is 1.30. The number of sulfonamides is 1. The first kappa shape index (κ1) is 21.5. The van der Waals surface area contributed by atoms with Gasteiger partial charge in [-0.1, -0.05) is 52.7 Å². The lowest BCUT2D eigenvalue weighted by molar-refractivity contribution is -0.126. The summed E-state index contributed by atoms with van der Waals surface area (Å²) in [5.74, 6) is -0.0834. The summed E-state index contributed by atoms with van der Waals surface area (Å²) in [6.45, 7) is 1.41. The summed E-state index contributed by atoms with van der Waals surface area (Å²) < 4.78 is 28.1. The molecule has 2 aromatic rings. The molecule has 2 aliphatic rings. The monoisotopic (exact) mass is 490 g/mol. The van der Waals surface area contributed by atoms with Gasteiger partial charge in [-0.3, -0.25) is 4.79 Å². The zero-order valence-electron chi connectivity index (χ0n) is 16.9. The fraction of sp³-hybridized carbons (Fsp3) is 0.435. The second-order valence-electron chi connectivity index (χ2n) is 8.35. The lowest BCUT2D eigenvalue weighted by Crippen LogP contribution is -2.48. The largest absolute Gasteiger partial charge is 0.355 e. The Morgan fingerprint density at radius 2 is 1.77 bits per heavy atom. The maximum atomic E-state index is 12.8. The van der Waals surface area contributed by atoms with Gasteiger partial charge in [-0.25, -0.2) is 8.42 Å². The third-order valence-corrected chi connectivity index (χ3v) is 8.96. The van der Waals surface area contributed by atoms with Crippen molar-refractivity contribution >= 4 is 31.9 Å². The molecule has 30 heavy (non-hydrogen) atoms. The van der Waals surface area contributed by atoms with Crippen molar-refractivity contribution in [3.05, 3.63) is 64.6 Å². The lowest BCUT2D eigenvalue weighted by atomic mass is 9.64. The number of carbonyl (C=O) groups is 1. The Morgan fingerprint density at radius 3 is 2.37 bits per heavy atom. The van der Waals surface area contributed by atoms with Gasteiger partial charge in [-0.15, -0.1) is 0 Å². The molecule has 0 spiro atoms. The van der Waals surface area contributed by atoms with Gasteiger partial charge in [0.05, 0.1) is 4.90 Å². The second kappa shape index (κ2) is 8.81. The highest BCUT2D eigenvalue weighted by molar-refractivity contribution is 9.10. The van der Waals surface area contributed by atoms with Gasteiger partial charge in [0, 0.05) is 35.4 Å². The molecular weight excluding hydrogens is 464 g/mol. The van der Waals surface area contributed by atoms with Crippen molar-refractivity contribution in [3.63, 3.8) is 0 Å². The quantitative estimate of drug-likeness (QED) is 0.662. The van der Waals surface area contributed by atoms with E-state index in [0.29, 0.717) is 37.4 Å². The molecular formula is C23H27BrN2O3S. The predicted octanol–water partition coefficient (Wildman–Crippen LogP) is 4.09. The van der Waals surface area contributed by atoms with Gasteiger partial charge in [-0.05, 0) is 55.5 Å². The number of benzene rings is 2. The highest BCUT2D eigenvalue weighted by Gasteiger charge is 2.40. The number of piperidine rings is 1. The highest BCUT2D eigenvalue weighted by atomic mass is 79.9. The molecule has 4 rings (SSSR count). The van der Waals surface area contributed by atoms with E-state index in [-0.39, 0.29) is 17.2 Å². The van der Waals surface area contributed by atoms with Crippen molar-refractivity contribution in [3.8, 4) is 0 Å². The first-order valence-corrected chi connectivity index (χ1v) is 12.7. The third kappa shape index (κ3) is 4.34. The summed E-state index contributed by atoms with van der Waals surface area (Å²) in [5, 5.41) is 3.18. The van der Waals surface area contributed by atoms with Crippen molar-refractivity contribution in [1.82, 2.24) is 9.62 Å². The van der Waals surface area contributed by atoms with Crippen LogP contribution in [-0.2, 0) is 20.2 Å². The molecule has 160 valence electrons. The molecule has 0 aromatic heterocycles. The number of amides is 1. The number of hydrogen-bond donors (Lipinski definition) is 1. The minimum Gasteiger partial charge on any atom is -0.355 e. The van der Waals surface area contributed by atoms with E-state index < -0.39 is 10.0 Å². The molecule has 1 aliphatic heterocycles. The average molecular weight is 491 g/mol. The number of halogens is 1. The van der Waals surface area contributed by atoms with Crippen LogP contribution < -0.4 is 5.32 Å². The molecule has 5 nitrogen and oxygen atoms in total. The van der Waals surface area contributed by atoms with E-state index >= 15 is 0 Å². The highest BCUT2D eigenvalue weighted by Crippen LogP contribution is 2.44. The zero-order chi connectivity index (χ0) is 21.2. The minimum absolute atomic E-state index is 0.0246. The Balaban J connectivity index is 1.34. The van der Waals surface area contributed by atoms with Crippen molar-refractivity contribution in [1.29, 1.82) is 0 Å². The van der Waals surface area contributed by atoms with Crippen LogP contribution in [0.1, 0.15) is 37.7 Å². The van der Waals surface area contributed by atoms with Crippen LogP contribution in [0, 0.1) is 5.92 Å². The molecule has 1 saturated carbocycles. The number of nitrogens with zero attached hydrogens (tertiary/aromatic N) is 1.